The number of rotatable bonds is 3. The maximum absolute atomic E-state index is 11.4. The van der Waals surface area contributed by atoms with E-state index in [9.17, 15) is 4.79 Å². The van der Waals surface area contributed by atoms with Gasteiger partial charge < -0.3 is 4.74 Å². The van der Waals surface area contributed by atoms with Crippen molar-refractivity contribution in [3.05, 3.63) is 42.0 Å². The summed E-state index contributed by atoms with van der Waals surface area (Å²) in [5.41, 5.74) is 1.96. The lowest BCUT2D eigenvalue weighted by atomic mass is 10.1. The minimum absolute atomic E-state index is 0.000143. The predicted molar refractivity (Wildman–Crippen MR) is 59.4 cm³/mol. The van der Waals surface area contributed by atoms with Crippen LogP contribution in [0.2, 0.25) is 0 Å². The van der Waals surface area contributed by atoms with Crippen LogP contribution < -0.4 is 4.74 Å². The third kappa shape index (κ3) is 1.94. The van der Waals surface area contributed by atoms with Crippen LogP contribution in [0.25, 0.3) is 0 Å². The Morgan fingerprint density at radius 3 is 3.00 bits per heavy atom. The van der Waals surface area contributed by atoms with E-state index < -0.39 is 0 Å². The lowest BCUT2D eigenvalue weighted by Crippen LogP contribution is -2.07. The topological polar surface area (TPSA) is 26.3 Å². The Labute approximate surface area is 89.6 Å². The lowest BCUT2D eigenvalue weighted by Gasteiger charge is -2.11. The first-order chi connectivity index (χ1) is 7.20. The highest BCUT2D eigenvalue weighted by molar-refractivity contribution is 6.00. The van der Waals surface area contributed by atoms with Crippen molar-refractivity contribution in [2.24, 2.45) is 0 Å². The molecule has 0 radical (unpaired) electrons. The molecular formula is C13H14O2. The average molecular weight is 202 g/mol. The van der Waals surface area contributed by atoms with Crippen molar-refractivity contribution >= 4 is 5.78 Å². The van der Waals surface area contributed by atoms with Crippen molar-refractivity contribution in [3.63, 3.8) is 0 Å². The van der Waals surface area contributed by atoms with Crippen LogP contribution in [0.1, 0.15) is 29.3 Å². The summed E-state index contributed by atoms with van der Waals surface area (Å²) in [6.07, 6.45) is 3.22. The molecule has 2 heteroatoms. The third-order valence-corrected chi connectivity index (χ3v) is 2.65. The van der Waals surface area contributed by atoms with Crippen molar-refractivity contribution in [2.45, 2.75) is 25.9 Å². The molecule has 0 bridgehead atoms. The van der Waals surface area contributed by atoms with E-state index in [2.05, 4.69) is 6.58 Å². The molecule has 1 aliphatic carbocycles. The van der Waals surface area contributed by atoms with Crippen LogP contribution in [0, 0.1) is 0 Å². The number of ether oxygens (including phenoxy) is 1. The molecule has 1 atom stereocenters. The molecule has 78 valence electrons. The standard InChI is InChI=1S/C13H14O2/c1-3-9(2)15-11-5-6-12-10(8-11)4-7-13(12)14/h3,5-6,8-9H,1,4,7H2,2H3. The van der Waals surface area contributed by atoms with E-state index in [0.29, 0.717) is 6.42 Å². The smallest absolute Gasteiger partial charge is 0.163 e. The van der Waals surface area contributed by atoms with Crippen LogP contribution >= 0.6 is 0 Å². The quantitative estimate of drug-likeness (QED) is 0.704. The Bertz CT molecular complexity index is 407. The number of fused-ring (bicyclic) bond motifs is 1. The minimum Gasteiger partial charge on any atom is -0.487 e. The molecule has 15 heavy (non-hydrogen) atoms. The number of benzene rings is 1. The number of Topliss-reactive ketones (excluding diaryl/α,β-unsaturated/α-hetero) is 1. The van der Waals surface area contributed by atoms with Gasteiger partial charge in [0.1, 0.15) is 11.9 Å². The Morgan fingerprint density at radius 1 is 1.47 bits per heavy atom. The molecule has 1 unspecified atom stereocenters. The number of carbonyl (C=O) groups excluding carboxylic acids is 1. The van der Waals surface area contributed by atoms with Gasteiger partial charge >= 0.3 is 0 Å². The van der Waals surface area contributed by atoms with Crippen molar-refractivity contribution in [2.75, 3.05) is 0 Å². The van der Waals surface area contributed by atoms with Crippen molar-refractivity contribution in [1.82, 2.24) is 0 Å². The zero-order chi connectivity index (χ0) is 10.8. The van der Waals surface area contributed by atoms with Gasteiger partial charge in [-0.05, 0) is 37.1 Å². The molecule has 0 spiro atoms. The van der Waals surface area contributed by atoms with Crippen molar-refractivity contribution < 1.29 is 9.53 Å². The number of carbonyl (C=O) groups is 1. The normalized spacial score (nSPS) is 15.9. The van der Waals surface area contributed by atoms with Gasteiger partial charge in [0, 0.05) is 12.0 Å². The lowest BCUT2D eigenvalue weighted by molar-refractivity contribution is 0.0994. The zero-order valence-electron chi connectivity index (χ0n) is 8.82. The molecule has 0 aromatic heterocycles. The Kier molecular flexibility index (Phi) is 2.58. The molecule has 0 saturated carbocycles. The highest BCUT2D eigenvalue weighted by atomic mass is 16.5. The third-order valence-electron chi connectivity index (χ3n) is 2.65. The molecule has 1 aliphatic rings. The average Bonchev–Trinajstić information content (AvgIpc) is 2.60. The van der Waals surface area contributed by atoms with Gasteiger partial charge in [0.05, 0.1) is 0 Å². The summed E-state index contributed by atoms with van der Waals surface area (Å²) < 4.78 is 5.59. The summed E-state index contributed by atoms with van der Waals surface area (Å²) in [4.78, 5) is 11.4. The molecule has 0 aliphatic heterocycles. The summed E-state index contributed by atoms with van der Waals surface area (Å²) in [6, 6.07) is 5.66. The van der Waals surface area contributed by atoms with Crippen LogP contribution in [-0.2, 0) is 6.42 Å². The van der Waals surface area contributed by atoms with Gasteiger partial charge in [0.15, 0.2) is 5.78 Å². The molecule has 1 aromatic rings. The molecule has 0 heterocycles. The van der Waals surface area contributed by atoms with Gasteiger partial charge in [-0.25, -0.2) is 0 Å². The molecule has 2 rings (SSSR count). The molecule has 0 fully saturated rings. The SMILES string of the molecule is C=CC(C)Oc1ccc2c(c1)CCC2=O. The first-order valence-electron chi connectivity index (χ1n) is 5.16. The van der Waals surface area contributed by atoms with Crippen LogP contribution in [-0.4, -0.2) is 11.9 Å². The fourth-order valence-electron chi connectivity index (χ4n) is 1.77. The summed E-state index contributed by atoms with van der Waals surface area (Å²) in [5, 5.41) is 0. The van der Waals surface area contributed by atoms with E-state index >= 15 is 0 Å². The van der Waals surface area contributed by atoms with Gasteiger partial charge in [-0.1, -0.05) is 12.7 Å². The number of hydrogen-bond acceptors (Lipinski definition) is 2. The van der Waals surface area contributed by atoms with Crippen LogP contribution in [0.5, 0.6) is 5.75 Å². The van der Waals surface area contributed by atoms with Crippen molar-refractivity contribution in [3.8, 4) is 5.75 Å². The monoisotopic (exact) mass is 202 g/mol. The molecule has 1 aromatic carbocycles. The molecule has 2 nitrogen and oxygen atoms in total. The van der Waals surface area contributed by atoms with Crippen LogP contribution in [0.3, 0.4) is 0 Å². The van der Waals surface area contributed by atoms with Gasteiger partial charge in [0.2, 0.25) is 0 Å². The summed E-state index contributed by atoms with van der Waals surface area (Å²) in [5.74, 6) is 1.06. The second-order valence-corrected chi connectivity index (χ2v) is 3.80. The van der Waals surface area contributed by atoms with E-state index in [4.69, 9.17) is 4.74 Å². The molecule has 0 N–H and O–H groups in total. The molecule has 0 saturated heterocycles. The Hall–Kier alpha value is -1.57. The largest absolute Gasteiger partial charge is 0.487 e. The van der Waals surface area contributed by atoms with E-state index in [1.165, 1.54) is 0 Å². The fraction of sp³-hybridized carbons (Fsp3) is 0.308. The van der Waals surface area contributed by atoms with E-state index in [0.717, 1.165) is 23.3 Å². The maximum Gasteiger partial charge on any atom is 0.163 e. The fourth-order valence-corrected chi connectivity index (χ4v) is 1.77. The van der Waals surface area contributed by atoms with Crippen LogP contribution in [0.15, 0.2) is 30.9 Å². The Morgan fingerprint density at radius 2 is 2.27 bits per heavy atom. The van der Waals surface area contributed by atoms with Crippen molar-refractivity contribution in [1.29, 1.82) is 0 Å². The van der Waals surface area contributed by atoms with E-state index in [1.54, 1.807) is 6.08 Å². The number of hydrogen-bond donors (Lipinski definition) is 0. The minimum atomic E-state index is 0.000143. The second kappa shape index (κ2) is 3.89. The summed E-state index contributed by atoms with van der Waals surface area (Å²) >= 11 is 0. The summed E-state index contributed by atoms with van der Waals surface area (Å²) in [6.45, 7) is 5.60. The number of ketones is 1. The molecule has 0 amide bonds. The second-order valence-electron chi connectivity index (χ2n) is 3.80. The number of aryl methyl sites for hydroxylation is 1. The van der Waals surface area contributed by atoms with Gasteiger partial charge in [-0.15, -0.1) is 0 Å². The molecular weight excluding hydrogens is 188 g/mol. The maximum atomic E-state index is 11.4. The van der Waals surface area contributed by atoms with Crippen LogP contribution in [0.4, 0.5) is 0 Å². The first-order valence-corrected chi connectivity index (χ1v) is 5.16. The van der Waals surface area contributed by atoms with Gasteiger partial charge in [-0.3, -0.25) is 4.79 Å². The highest BCUT2D eigenvalue weighted by Crippen LogP contribution is 2.26. The van der Waals surface area contributed by atoms with E-state index in [1.807, 2.05) is 25.1 Å². The van der Waals surface area contributed by atoms with Gasteiger partial charge in [-0.2, -0.15) is 0 Å². The Balaban J connectivity index is 2.23. The zero-order valence-corrected chi connectivity index (χ0v) is 8.82. The summed E-state index contributed by atoms with van der Waals surface area (Å²) in [7, 11) is 0. The predicted octanol–water partition coefficient (Wildman–Crippen LogP) is 2.77. The van der Waals surface area contributed by atoms with Gasteiger partial charge in [0.25, 0.3) is 0 Å². The highest BCUT2D eigenvalue weighted by Gasteiger charge is 2.19. The van der Waals surface area contributed by atoms with E-state index in [-0.39, 0.29) is 11.9 Å². The first kappa shape index (κ1) is 9.97.